The van der Waals surface area contributed by atoms with E-state index in [1.165, 1.54) is 0 Å². The molecular formula is C5H10KO2PS2. The van der Waals surface area contributed by atoms with Gasteiger partial charge in [0.25, 0.3) is 0 Å². The smallest absolute Gasteiger partial charge is 0.691 e. The van der Waals surface area contributed by atoms with Gasteiger partial charge in [-0.2, -0.15) is 0 Å². The van der Waals surface area contributed by atoms with Crippen LogP contribution >= 0.6 is 5.69 Å². The van der Waals surface area contributed by atoms with E-state index in [0.29, 0.717) is 13.2 Å². The fourth-order valence-electron chi connectivity index (χ4n) is 0.587. The minimum absolute atomic E-state index is 0. The van der Waals surface area contributed by atoms with Gasteiger partial charge >= 0.3 is 51.4 Å². The van der Waals surface area contributed by atoms with Crippen molar-refractivity contribution < 1.29 is 60.4 Å². The van der Waals surface area contributed by atoms with Crippen molar-refractivity contribution in [3.8, 4) is 0 Å². The van der Waals surface area contributed by atoms with Crippen molar-refractivity contribution in [1.29, 1.82) is 0 Å². The van der Waals surface area contributed by atoms with Gasteiger partial charge in [-0.1, -0.05) is 25.7 Å². The average molecular weight is 236 g/mol. The first-order valence-corrected chi connectivity index (χ1v) is 6.67. The van der Waals surface area contributed by atoms with Crippen LogP contribution in [0.1, 0.15) is 13.8 Å². The van der Waals surface area contributed by atoms with Crippen LogP contribution in [0.3, 0.4) is 0 Å². The van der Waals surface area contributed by atoms with Gasteiger partial charge in [0.05, 0.1) is 18.9 Å². The predicted molar refractivity (Wildman–Crippen MR) is 47.3 cm³/mol. The first-order valence-electron chi connectivity index (χ1n) is 3.01. The maximum absolute atomic E-state index is 5.20. The Bertz CT molecular complexity index is 171. The second-order valence-corrected chi connectivity index (χ2v) is 8.15. The third kappa shape index (κ3) is 5.10. The van der Waals surface area contributed by atoms with E-state index in [2.05, 4.69) is 13.8 Å². The molecule has 1 saturated heterocycles. The zero-order chi connectivity index (χ0) is 7.83. The van der Waals surface area contributed by atoms with Gasteiger partial charge in [-0.25, -0.2) is 0 Å². The third-order valence-electron chi connectivity index (χ3n) is 1.23. The summed E-state index contributed by atoms with van der Waals surface area (Å²) in [5.41, 5.74) is -2.17. The van der Waals surface area contributed by atoms with Crippen molar-refractivity contribution in [2.75, 3.05) is 13.2 Å². The van der Waals surface area contributed by atoms with Crippen LogP contribution in [0.5, 0.6) is 0 Å². The molecule has 2 nitrogen and oxygen atoms in total. The molecule has 0 amide bonds. The molecule has 1 aliphatic heterocycles. The Morgan fingerprint density at radius 1 is 1.36 bits per heavy atom. The zero-order valence-corrected chi connectivity index (χ0v) is 12.6. The zero-order valence-electron chi connectivity index (χ0n) is 6.99. The Morgan fingerprint density at radius 2 is 1.73 bits per heavy atom. The summed E-state index contributed by atoms with van der Waals surface area (Å²) in [6.07, 6.45) is 0. The van der Waals surface area contributed by atoms with Crippen LogP contribution in [0.25, 0.3) is 0 Å². The van der Waals surface area contributed by atoms with E-state index in [1.807, 2.05) is 0 Å². The van der Waals surface area contributed by atoms with Crippen molar-refractivity contribution in [3.63, 3.8) is 0 Å². The molecule has 1 fully saturated rings. The topological polar surface area (TPSA) is 18.5 Å². The molecule has 0 aliphatic carbocycles. The van der Waals surface area contributed by atoms with Crippen molar-refractivity contribution in [3.05, 3.63) is 0 Å². The molecule has 1 heterocycles. The normalized spacial score (nSPS) is 27.2. The van der Waals surface area contributed by atoms with Crippen LogP contribution in [-0.2, 0) is 33.1 Å². The van der Waals surface area contributed by atoms with E-state index < -0.39 is 5.69 Å². The molecule has 0 spiro atoms. The molecule has 0 saturated carbocycles. The standard InChI is InChI=1S/C5H11O2PS2.K/c1-5(2)3-6-8(9,10)7-4-5;/h3-4H2,1-2H3,(H,9,10);/q;+1/p-1. The first kappa shape index (κ1) is 13.6. The minimum atomic E-state index is -2.25. The van der Waals surface area contributed by atoms with E-state index in [1.54, 1.807) is 0 Å². The Balaban J connectivity index is 0.000001000. The Labute approximate surface area is 121 Å². The largest absolute Gasteiger partial charge is 1.00 e. The summed E-state index contributed by atoms with van der Waals surface area (Å²) >= 11 is 9.76. The van der Waals surface area contributed by atoms with Crippen LogP contribution in [-0.4, -0.2) is 13.2 Å². The Morgan fingerprint density at radius 3 is 2.00 bits per heavy atom. The van der Waals surface area contributed by atoms with Gasteiger partial charge in [0.15, 0.2) is 0 Å². The fourth-order valence-corrected chi connectivity index (χ4v) is 2.31. The molecule has 1 aliphatic rings. The van der Waals surface area contributed by atoms with Crippen LogP contribution < -0.4 is 51.4 Å². The van der Waals surface area contributed by atoms with Gasteiger partial charge < -0.3 is 21.3 Å². The summed E-state index contributed by atoms with van der Waals surface area (Å²) in [6.45, 7) is 5.40. The average Bonchev–Trinajstić information content (AvgIpc) is 1.79. The number of rotatable bonds is 0. The molecule has 0 N–H and O–H groups in total. The minimum Gasteiger partial charge on any atom is -0.691 e. The molecule has 0 unspecified atom stereocenters. The summed E-state index contributed by atoms with van der Waals surface area (Å²) in [5.74, 6) is 0. The molecule has 0 aromatic rings. The summed E-state index contributed by atoms with van der Waals surface area (Å²) in [5, 5.41) is 0. The molecule has 0 radical (unpaired) electrons. The fraction of sp³-hybridized carbons (Fsp3) is 1.00. The van der Waals surface area contributed by atoms with Gasteiger partial charge in [0, 0.05) is 5.41 Å². The molecule has 0 aromatic carbocycles. The molecule has 0 aromatic heterocycles. The van der Waals surface area contributed by atoms with E-state index in [4.69, 9.17) is 33.1 Å². The van der Waals surface area contributed by atoms with E-state index in [-0.39, 0.29) is 56.8 Å². The van der Waals surface area contributed by atoms with Crippen molar-refractivity contribution in [1.82, 2.24) is 0 Å². The molecule has 11 heavy (non-hydrogen) atoms. The summed E-state index contributed by atoms with van der Waals surface area (Å²) in [4.78, 5) is 0. The Hall–Kier alpha value is 2.56. The second kappa shape index (κ2) is 4.87. The van der Waals surface area contributed by atoms with Gasteiger partial charge in [-0.3, -0.25) is 0 Å². The third-order valence-corrected chi connectivity index (χ3v) is 3.38. The summed E-state index contributed by atoms with van der Waals surface area (Å²) in [6, 6.07) is 0. The molecule has 6 heteroatoms. The molecular weight excluding hydrogens is 226 g/mol. The van der Waals surface area contributed by atoms with Crippen LogP contribution in [0.2, 0.25) is 0 Å². The van der Waals surface area contributed by atoms with Crippen molar-refractivity contribution in [2.45, 2.75) is 13.8 Å². The molecule has 0 bridgehead atoms. The van der Waals surface area contributed by atoms with Gasteiger partial charge in [0.2, 0.25) is 0 Å². The van der Waals surface area contributed by atoms with Gasteiger partial charge in [-0.15, -0.1) is 0 Å². The summed E-state index contributed by atoms with van der Waals surface area (Å²) in [7, 11) is 0. The maximum atomic E-state index is 5.20. The van der Waals surface area contributed by atoms with Gasteiger partial charge in [0.1, 0.15) is 0 Å². The van der Waals surface area contributed by atoms with Crippen molar-refractivity contribution >= 4 is 29.7 Å². The summed E-state index contributed by atoms with van der Waals surface area (Å²) < 4.78 is 10.4. The Kier molecular flexibility index (Phi) is 6.00. The van der Waals surface area contributed by atoms with Crippen LogP contribution in [0.4, 0.5) is 0 Å². The SMILES string of the molecule is CC1(C)COP(=S)([S-])OC1.[K+]. The van der Waals surface area contributed by atoms with Crippen LogP contribution in [0, 0.1) is 5.41 Å². The predicted octanol–water partition coefficient (Wildman–Crippen LogP) is -1.17. The molecule has 0 atom stereocenters. The van der Waals surface area contributed by atoms with E-state index in [9.17, 15) is 0 Å². The second-order valence-electron chi connectivity index (χ2n) is 3.16. The van der Waals surface area contributed by atoms with Crippen LogP contribution in [0.15, 0.2) is 0 Å². The monoisotopic (exact) mass is 236 g/mol. The maximum Gasteiger partial charge on any atom is 1.00 e. The molecule has 1 rings (SSSR count). The van der Waals surface area contributed by atoms with E-state index >= 15 is 0 Å². The number of hydrogen-bond donors (Lipinski definition) is 0. The van der Waals surface area contributed by atoms with Crippen molar-refractivity contribution in [2.24, 2.45) is 5.41 Å². The van der Waals surface area contributed by atoms with Gasteiger partial charge in [-0.05, 0) is 0 Å². The quantitative estimate of drug-likeness (QED) is 0.300. The number of hydrogen-bond acceptors (Lipinski definition) is 4. The molecule has 60 valence electrons. The van der Waals surface area contributed by atoms with E-state index in [0.717, 1.165) is 0 Å². The first-order chi connectivity index (χ1) is 4.41.